The van der Waals surface area contributed by atoms with Crippen molar-refractivity contribution in [1.82, 2.24) is 19.2 Å². The summed E-state index contributed by atoms with van der Waals surface area (Å²) in [6.07, 6.45) is 12.3. The van der Waals surface area contributed by atoms with E-state index in [1.165, 1.54) is 16.7 Å². The molecule has 1 saturated heterocycles. The molecule has 2 aromatic carbocycles. The molecule has 6 heteroatoms. The highest BCUT2D eigenvalue weighted by atomic mass is 16.2. The molecule has 6 rings (SSSR count). The van der Waals surface area contributed by atoms with Crippen LogP contribution in [0.4, 0.5) is 0 Å². The fourth-order valence-corrected chi connectivity index (χ4v) is 5.95. The van der Waals surface area contributed by atoms with Crippen molar-refractivity contribution in [1.29, 1.82) is 0 Å². The first kappa shape index (κ1) is 23.2. The molecule has 0 saturated carbocycles. The Bertz CT molecular complexity index is 1630. The lowest BCUT2D eigenvalue weighted by molar-refractivity contribution is -0.126. The number of hydrogen-bond donors (Lipinski definition) is 0. The van der Waals surface area contributed by atoms with Gasteiger partial charge in [-0.3, -0.25) is 9.59 Å². The molecule has 0 spiro atoms. The molecule has 1 fully saturated rings. The summed E-state index contributed by atoms with van der Waals surface area (Å²) in [5, 5.41) is 5.72. The molecule has 1 aliphatic carbocycles. The van der Waals surface area contributed by atoms with Crippen molar-refractivity contribution in [2.45, 2.75) is 31.6 Å². The summed E-state index contributed by atoms with van der Waals surface area (Å²) in [5.74, 6) is 0.130. The van der Waals surface area contributed by atoms with Crippen LogP contribution in [-0.4, -0.2) is 38.2 Å². The summed E-state index contributed by atoms with van der Waals surface area (Å²) < 4.78 is 3.46. The Kier molecular flexibility index (Phi) is 5.67. The van der Waals surface area contributed by atoms with E-state index in [1.54, 1.807) is 17.7 Å². The maximum Gasteiger partial charge on any atom is 0.253 e. The van der Waals surface area contributed by atoms with E-state index in [-0.39, 0.29) is 16.9 Å². The second kappa shape index (κ2) is 9.04. The molecule has 2 aliphatic rings. The Labute approximate surface area is 216 Å². The summed E-state index contributed by atoms with van der Waals surface area (Å²) in [5.41, 5.74) is 6.15. The molecule has 0 radical (unpaired) electrons. The van der Waals surface area contributed by atoms with Crippen LogP contribution in [0.1, 0.15) is 29.5 Å². The van der Waals surface area contributed by atoms with Crippen molar-refractivity contribution in [3.63, 3.8) is 0 Å². The predicted molar refractivity (Wildman–Crippen MR) is 146 cm³/mol. The summed E-state index contributed by atoms with van der Waals surface area (Å²) in [4.78, 5) is 27.2. The van der Waals surface area contributed by atoms with Gasteiger partial charge < -0.3 is 9.47 Å². The smallest absolute Gasteiger partial charge is 0.253 e. The van der Waals surface area contributed by atoms with Gasteiger partial charge in [-0.2, -0.15) is 5.10 Å². The van der Waals surface area contributed by atoms with Gasteiger partial charge in [0, 0.05) is 48.8 Å². The van der Waals surface area contributed by atoms with Crippen LogP contribution in [0, 0.1) is 6.92 Å². The first-order chi connectivity index (χ1) is 17.9. The van der Waals surface area contributed by atoms with Gasteiger partial charge in [0.1, 0.15) is 0 Å². The Morgan fingerprint density at radius 3 is 2.70 bits per heavy atom. The van der Waals surface area contributed by atoms with Crippen molar-refractivity contribution in [3.8, 4) is 5.69 Å². The number of aryl methyl sites for hydroxylation is 2. The van der Waals surface area contributed by atoms with Gasteiger partial charge in [0.05, 0.1) is 17.4 Å². The molecule has 2 aromatic heterocycles. The Balaban J connectivity index is 1.42. The molecular formula is C31H30N4O2. The number of aromatic nitrogens is 3. The van der Waals surface area contributed by atoms with E-state index < -0.39 is 0 Å². The second-order valence-electron chi connectivity index (χ2n) is 10.3. The quantitative estimate of drug-likeness (QED) is 0.410. The number of carbonyl (C=O) groups excluding carboxylic acids is 1. The highest BCUT2D eigenvalue weighted by molar-refractivity contribution is 5.97. The number of rotatable bonds is 5. The van der Waals surface area contributed by atoms with Gasteiger partial charge in [-0.05, 0) is 61.1 Å². The van der Waals surface area contributed by atoms with Gasteiger partial charge in [0.15, 0.2) is 0 Å². The first-order valence-corrected chi connectivity index (χ1v) is 12.8. The zero-order valence-corrected chi connectivity index (χ0v) is 21.2. The minimum Gasteiger partial charge on any atom is -0.338 e. The topological polar surface area (TPSA) is 60.1 Å². The summed E-state index contributed by atoms with van der Waals surface area (Å²) in [6, 6.07) is 18.4. The third-order valence-corrected chi connectivity index (χ3v) is 7.84. The van der Waals surface area contributed by atoms with Crippen LogP contribution in [0.25, 0.3) is 16.6 Å². The normalized spacial score (nSPS) is 19.1. The molecule has 1 atom stereocenters. The second-order valence-corrected chi connectivity index (χ2v) is 10.3. The third kappa shape index (κ3) is 4.12. The van der Waals surface area contributed by atoms with Gasteiger partial charge in [-0.25, -0.2) is 4.68 Å². The predicted octanol–water partition coefficient (Wildman–Crippen LogP) is 4.63. The van der Waals surface area contributed by atoms with E-state index in [1.807, 2.05) is 52.3 Å². The number of fused-ring (bicyclic) bond motifs is 1. The number of benzene rings is 2. The lowest BCUT2D eigenvalue weighted by atomic mass is 9.73. The van der Waals surface area contributed by atoms with Crippen LogP contribution >= 0.6 is 0 Å². The fourth-order valence-electron chi connectivity index (χ4n) is 5.95. The standard InChI is InChI=1S/C31H30N4O2/c1-22-16-28-25(19-32-35(28)26-12-13-29(36)33(2)20-26)17-27(22)31(18-23-8-4-3-5-9-23)14-15-34(21-31)30(37)24-10-6-7-11-24/h3-6,8-13,16-17,19-20H,7,14-15,18,21H2,1-2H3. The molecule has 37 heavy (non-hydrogen) atoms. The van der Waals surface area contributed by atoms with E-state index in [9.17, 15) is 9.59 Å². The fraction of sp³-hybridized carbons (Fsp3) is 0.258. The molecule has 1 unspecified atom stereocenters. The third-order valence-electron chi connectivity index (χ3n) is 7.84. The minimum atomic E-state index is -0.184. The van der Waals surface area contributed by atoms with Gasteiger partial charge in [0.2, 0.25) is 5.56 Å². The highest BCUT2D eigenvalue weighted by Gasteiger charge is 2.43. The lowest BCUT2D eigenvalue weighted by Crippen LogP contribution is -2.37. The van der Waals surface area contributed by atoms with Crippen molar-refractivity contribution >= 4 is 16.8 Å². The largest absolute Gasteiger partial charge is 0.338 e. The van der Waals surface area contributed by atoms with E-state index in [0.29, 0.717) is 6.54 Å². The SMILES string of the molecule is Cc1cc2c(cnn2-c2ccc(=O)n(C)c2)cc1C1(Cc2ccccc2)CCN(C(=O)C2=CCC=C2)C1. The van der Waals surface area contributed by atoms with Gasteiger partial charge in [0.25, 0.3) is 5.91 Å². The average molecular weight is 491 g/mol. The molecule has 1 aliphatic heterocycles. The van der Waals surface area contributed by atoms with Gasteiger partial charge >= 0.3 is 0 Å². The molecule has 3 heterocycles. The van der Waals surface area contributed by atoms with Gasteiger partial charge in [-0.15, -0.1) is 0 Å². The molecule has 6 nitrogen and oxygen atoms in total. The van der Waals surface area contributed by atoms with E-state index in [0.717, 1.165) is 48.0 Å². The van der Waals surface area contributed by atoms with E-state index in [2.05, 4.69) is 48.4 Å². The summed E-state index contributed by atoms with van der Waals surface area (Å²) >= 11 is 0. The van der Waals surface area contributed by atoms with Crippen LogP contribution in [0.15, 0.2) is 95.6 Å². The van der Waals surface area contributed by atoms with Crippen molar-refractivity contribution in [3.05, 3.63) is 118 Å². The van der Waals surface area contributed by atoms with Crippen molar-refractivity contribution in [2.24, 2.45) is 7.05 Å². The number of carbonyl (C=O) groups is 1. The lowest BCUT2D eigenvalue weighted by Gasteiger charge is -2.32. The Hall–Kier alpha value is -4.19. The Morgan fingerprint density at radius 1 is 1.11 bits per heavy atom. The van der Waals surface area contributed by atoms with Crippen LogP contribution in [0.2, 0.25) is 0 Å². The van der Waals surface area contributed by atoms with Crippen LogP contribution < -0.4 is 5.56 Å². The van der Waals surface area contributed by atoms with Crippen LogP contribution in [0.5, 0.6) is 0 Å². The Morgan fingerprint density at radius 2 is 1.95 bits per heavy atom. The van der Waals surface area contributed by atoms with Crippen molar-refractivity contribution < 1.29 is 4.79 Å². The summed E-state index contributed by atoms with van der Waals surface area (Å²) in [6.45, 7) is 3.59. The average Bonchev–Trinajstić information content (AvgIpc) is 3.66. The zero-order valence-electron chi connectivity index (χ0n) is 21.2. The van der Waals surface area contributed by atoms with Crippen molar-refractivity contribution in [2.75, 3.05) is 13.1 Å². The van der Waals surface area contributed by atoms with E-state index in [4.69, 9.17) is 0 Å². The minimum absolute atomic E-state index is 0.0503. The monoisotopic (exact) mass is 490 g/mol. The van der Waals surface area contributed by atoms with Crippen LogP contribution in [-0.2, 0) is 23.7 Å². The molecular weight excluding hydrogens is 460 g/mol. The zero-order chi connectivity index (χ0) is 25.6. The molecule has 1 amide bonds. The molecule has 4 aromatic rings. The van der Waals surface area contributed by atoms with Gasteiger partial charge in [-0.1, -0.05) is 48.6 Å². The molecule has 186 valence electrons. The summed E-state index contributed by atoms with van der Waals surface area (Å²) in [7, 11) is 1.75. The first-order valence-electron chi connectivity index (χ1n) is 12.8. The molecule has 0 bridgehead atoms. The number of likely N-dealkylation sites (tertiary alicyclic amines) is 1. The number of nitrogens with zero attached hydrogens (tertiary/aromatic N) is 4. The number of amides is 1. The maximum atomic E-state index is 13.3. The highest BCUT2D eigenvalue weighted by Crippen LogP contribution is 2.41. The van der Waals surface area contributed by atoms with Crippen LogP contribution in [0.3, 0.4) is 0 Å². The van der Waals surface area contributed by atoms with E-state index >= 15 is 0 Å². The number of pyridine rings is 1. The number of hydrogen-bond acceptors (Lipinski definition) is 3. The number of allylic oxidation sites excluding steroid dienone is 2. The molecule has 0 N–H and O–H groups in total. The maximum absolute atomic E-state index is 13.3.